The van der Waals surface area contributed by atoms with Crippen molar-refractivity contribution in [3.63, 3.8) is 0 Å². The Bertz CT molecular complexity index is 1680. The van der Waals surface area contributed by atoms with E-state index in [2.05, 4.69) is 19.8 Å². The molecule has 4 aromatic rings. The lowest BCUT2D eigenvalue weighted by atomic mass is 9.95. The first-order chi connectivity index (χ1) is 22.1. The van der Waals surface area contributed by atoms with Crippen LogP contribution in [0.25, 0.3) is 22.3 Å². The van der Waals surface area contributed by atoms with Gasteiger partial charge in [0.1, 0.15) is 41.1 Å². The monoisotopic (exact) mass is 628 g/mol. The third-order valence-electron chi connectivity index (χ3n) is 9.06. The number of para-hydroxylation sites is 1. The van der Waals surface area contributed by atoms with E-state index in [0.717, 1.165) is 50.6 Å². The van der Waals surface area contributed by atoms with Crippen LogP contribution >= 0.6 is 0 Å². The number of aromatic nitrogens is 4. The molecule has 0 aliphatic carbocycles. The first kappa shape index (κ1) is 30.4. The molecule has 3 aliphatic heterocycles. The summed E-state index contributed by atoms with van der Waals surface area (Å²) in [6, 6.07) is 17.1. The van der Waals surface area contributed by atoms with E-state index in [1.54, 1.807) is 9.58 Å². The van der Waals surface area contributed by atoms with Crippen molar-refractivity contribution >= 4 is 22.9 Å². The van der Waals surface area contributed by atoms with E-state index in [9.17, 15) is 4.79 Å². The van der Waals surface area contributed by atoms with Crippen molar-refractivity contribution < 1.29 is 18.7 Å². The number of ether oxygens (including phenoxy) is 2. The van der Waals surface area contributed by atoms with Crippen molar-refractivity contribution in [2.45, 2.75) is 51.0 Å². The minimum atomic E-state index is -1.11. The number of carbonyl (C=O) groups is 1. The summed E-state index contributed by atoms with van der Waals surface area (Å²) in [5.41, 5.74) is 7.86. The van der Waals surface area contributed by atoms with Crippen LogP contribution in [0.1, 0.15) is 33.2 Å². The van der Waals surface area contributed by atoms with Gasteiger partial charge in [0.2, 0.25) is 0 Å². The fourth-order valence-corrected chi connectivity index (χ4v) is 6.71. The minimum Gasteiger partial charge on any atom is -0.457 e. The second-order valence-corrected chi connectivity index (χ2v) is 13.7. The van der Waals surface area contributed by atoms with Crippen LogP contribution in [0, 0.1) is 5.92 Å². The van der Waals surface area contributed by atoms with Gasteiger partial charge in [0.15, 0.2) is 5.65 Å². The van der Waals surface area contributed by atoms with Crippen molar-refractivity contribution in [2.24, 2.45) is 5.92 Å². The number of anilines is 1. The normalized spacial score (nSPS) is 21.6. The van der Waals surface area contributed by atoms with Gasteiger partial charge >= 0.3 is 6.09 Å². The Hall–Kier alpha value is -4.29. The molecule has 2 N–H and O–H groups in total. The first-order valence-corrected chi connectivity index (χ1v) is 16.0. The number of nitrogen functional groups attached to an aromatic ring is 1. The van der Waals surface area contributed by atoms with Gasteiger partial charge in [0, 0.05) is 63.3 Å². The molecule has 12 heteroatoms. The van der Waals surface area contributed by atoms with E-state index in [1.165, 1.54) is 6.33 Å². The van der Waals surface area contributed by atoms with Gasteiger partial charge in [-0.2, -0.15) is 5.10 Å². The molecule has 242 valence electrons. The van der Waals surface area contributed by atoms with Gasteiger partial charge < -0.3 is 20.1 Å². The molecule has 3 saturated heterocycles. The maximum atomic E-state index is 16.0. The van der Waals surface area contributed by atoms with Crippen molar-refractivity contribution in [3.05, 3.63) is 60.9 Å². The maximum absolute atomic E-state index is 16.0. The zero-order valence-electron chi connectivity index (χ0n) is 26.6. The van der Waals surface area contributed by atoms with Crippen LogP contribution in [0.15, 0.2) is 60.9 Å². The number of piperidine rings is 1. The second-order valence-electron chi connectivity index (χ2n) is 13.7. The largest absolute Gasteiger partial charge is 0.457 e. The summed E-state index contributed by atoms with van der Waals surface area (Å²) in [5, 5.41) is 5.53. The summed E-state index contributed by atoms with van der Waals surface area (Å²) in [7, 11) is 0. The van der Waals surface area contributed by atoms with Gasteiger partial charge in [-0.1, -0.05) is 18.2 Å². The van der Waals surface area contributed by atoms with Crippen LogP contribution in [-0.2, 0) is 4.74 Å². The molecular weight excluding hydrogens is 587 g/mol. The fourth-order valence-electron chi connectivity index (χ4n) is 6.71. The van der Waals surface area contributed by atoms with Gasteiger partial charge in [-0.3, -0.25) is 9.80 Å². The lowest BCUT2D eigenvalue weighted by Gasteiger charge is -2.50. The molecule has 0 saturated carbocycles. The first-order valence-electron chi connectivity index (χ1n) is 16.0. The van der Waals surface area contributed by atoms with E-state index in [1.807, 2.05) is 75.4 Å². The van der Waals surface area contributed by atoms with Crippen LogP contribution in [0.2, 0.25) is 0 Å². The molecule has 3 aliphatic rings. The molecule has 0 unspecified atom stereocenters. The minimum absolute atomic E-state index is 0.236. The zero-order chi connectivity index (χ0) is 32.0. The highest BCUT2D eigenvalue weighted by Gasteiger charge is 2.42. The number of likely N-dealkylation sites (tertiary alicyclic amines) is 3. The number of alkyl halides is 1. The highest BCUT2D eigenvalue weighted by atomic mass is 19.1. The Balaban J connectivity index is 0.968. The van der Waals surface area contributed by atoms with Crippen molar-refractivity contribution in [2.75, 3.05) is 51.5 Å². The van der Waals surface area contributed by atoms with E-state index in [-0.39, 0.29) is 6.09 Å². The number of carbonyl (C=O) groups excluding carboxylic acids is 1. The maximum Gasteiger partial charge on any atom is 0.410 e. The van der Waals surface area contributed by atoms with Gasteiger partial charge in [-0.25, -0.2) is 23.8 Å². The van der Waals surface area contributed by atoms with Crippen LogP contribution in [-0.4, -0.2) is 104 Å². The predicted octanol–water partition coefficient (Wildman–Crippen LogP) is 5.00. The SMILES string of the molecule is CC(C)(C)OC(=O)N1CC(CN2CC(N3CC[C@H](n4nc(-c5ccc(Oc6ccccc6)cc5)c5c(N)ncnc54)[C@H](F)C3)C2)C1. The van der Waals surface area contributed by atoms with Crippen molar-refractivity contribution in [1.82, 2.24) is 34.4 Å². The Morgan fingerprint density at radius 1 is 0.978 bits per heavy atom. The summed E-state index contributed by atoms with van der Waals surface area (Å²) >= 11 is 0. The highest BCUT2D eigenvalue weighted by molar-refractivity contribution is 5.98. The molecule has 2 aromatic carbocycles. The Morgan fingerprint density at radius 2 is 1.70 bits per heavy atom. The van der Waals surface area contributed by atoms with Crippen LogP contribution in [0.4, 0.5) is 15.0 Å². The lowest BCUT2D eigenvalue weighted by Crippen LogP contribution is -2.64. The van der Waals surface area contributed by atoms with Gasteiger partial charge in [-0.15, -0.1) is 0 Å². The van der Waals surface area contributed by atoms with Crippen LogP contribution < -0.4 is 10.5 Å². The molecule has 0 bridgehead atoms. The van der Waals surface area contributed by atoms with Gasteiger partial charge in [-0.05, 0) is 63.6 Å². The number of nitrogens with zero attached hydrogens (tertiary/aromatic N) is 7. The third-order valence-corrected chi connectivity index (χ3v) is 9.06. The van der Waals surface area contributed by atoms with Crippen LogP contribution in [0.5, 0.6) is 11.5 Å². The van der Waals surface area contributed by atoms with Crippen LogP contribution in [0.3, 0.4) is 0 Å². The summed E-state index contributed by atoms with van der Waals surface area (Å²) < 4.78 is 29.1. The number of benzene rings is 2. The number of hydrogen-bond donors (Lipinski definition) is 1. The molecule has 5 heterocycles. The standard InChI is InChI=1S/C34H41FN8O3/c1-34(2,3)46-33(44)42-16-22(17-42)15-40-18-24(19-40)41-14-13-28(27(35)20-41)43-32-29(31(36)37-21-38-32)30(39-43)23-9-11-26(12-10-23)45-25-7-5-4-6-8-25/h4-12,21-22,24,27-28H,13-20H2,1-3H3,(H2,36,37,38)/t27-,28+/m1/s1. The third kappa shape index (κ3) is 6.23. The average molecular weight is 629 g/mol. The Labute approximate surface area is 268 Å². The average Bonchev–Trinajstić information content (AvgIpc) is 3.36. The van der Waals surface area contributed by atoms with Crippen molar-refractivity contribution in [1.29, 1.82) is 0 Å². The summed E-state index contributed by atoms with van der Waals surface area (Å²) in [5.74, 6) is 2.23. The Kier molecular flexibility index (Phi) is 8.02. The number of amides is 1. The molecule has 7 rings (SSSR count). The number of nitrogens with two attached hydrogens (primary N) is 1. The molecule has 2 aromatic heterocycles. The van der Waals surface area contributed by atoms with E-state index in [4.69, 9.17) is 20.3 Å². The molecule has 0 spiro atoms. The quantitative estimate of drug-likeness (QED) is 0.302. The predicted molar refractivity (Wildman–Crippen MR) is 173 cm³/mol. The number of halogens is 1. The number of rotatable bonds is 7. The van der Waals surface area contributed by atoms with Crippen molar-refractivity contribution in [3.8, 4) is 22.8 Å². The molecule has 1 amide bonds. The summed E-state index contributed by atoms with van der Waals surface area (Å²) in [4.78, 5) is 27.4. The molecule has 3 fully saturated rings. The topological polar surface area (TPSA) is 115 Å². The van der Waals surface area contributed by atoms with Gasteiger partial charge in [0.25, 0.3) is 0 Å². The molecule has 46 heavy (non-hydrogen) atoms. The van der Waals surface area contributed by atoms with E-state index >= 15 is 4.39 Å². The van der Waals surface area contributed by atoms with E-state index < -0.39 is 17.8 Å². The second kappa shape index (κ2) is 12.1. The summed E-state index contributed by atoms with van der Waals surface area (Å²) in [6.07, 6.45) is 0.691. The molecule has 0 radical (unpaired) electrons. The smallest absolute Gasteiger partial charge is 0.410 e. The molecule has 2 atom stereocenters. The summed E-state index contributed by atoms with van der Waals surface area (Å²) in [6.45, 7) is 11.0. The van der Waals surface area contributed by atoms with E-state index in [0.29, 0.717) is 53.2 Å². The lowest BCUT2D eigenvalue weighted by molar-refractivity contribution is -0.0378. The fraction of sp³-hybridized carbons (Fsp3) is 0.471. The number of hydrogen-bond acceptors (Lipinski definition) is 9. The molecule has 11 nitrogen and oxygen atoms in total. The Morgan fingerprint density at radius 3 is 2.39 bits per heavy atom. The van der Waals surface area contributed by atoms with Gasteiger partial charge in [0.05, 0.1) is 11.4 Å². The highest BCUT2D eigenvalue weighted by Crippen LogP contribution is 2.37. The zero-order valence-corrected chi connectivity index (χ0v) is 26.6. The number of fused-ring (bicyclic) bond motifs is 1. The molecular formula is C34H41FN8O3.